The highest BCUT2D eigenvalue weighted by Crippen LogP contribution is 2.19. The summed E-state index contributed by atoms with van der Waals surface area (Å²) in [5, 5.41) is 7.99. The molecule has 60 valence electrons. The molecule has 0 spiro atoms. The minimum atomic E-state index is 0.715. The van der Waals surface area contributed by atoms with Crippen LogP contribution in [-0.4, -0.2) is 16.8 Å². The maximum Gasteiger partial charge on any atom is 0.0785 e. The van der Waals surface area contributed by atoms with Crippen LogP contribution in [-0.2, 0) is 23.1 Å². The van der Waals surface area contributed by atoms with Crippen LogP contribution in [0.3, 0.4) is 0 Å². The van der Waals surface area contributed by atoms with Crippen molar-refractivity contribution in [3.63, 3.8) is 0 Å². The third-order valence-corrected chi connectivity index (χ3v) is 2.44. The van der Waals surface area contributed by atoms with Gasteiger partial charge in [0.2, 0.25) is 0 Å². The van der Waals surface area contributed by atoms with Crippen molar-refractivity contribution in [3.8, 4) is 0 Å². The van der Waals surface area contributed by atoms with E-state index >= 15 is 0 Å². The highest BCUT2D eigenvalue weighted by Gasteiger charge is 2.15. The minimum Gasteiger partial charge on any atom is -0.376 e. The molecule has 2 rings (SSSR count). The van der Waals surface area contributed by atoms with E-state index in [0.717, 1.165) is 24.1 Å². The zero-order valence-electron chi connectivity index (χ0n) is 6.06. The Morgan fingerprint density at radius 2 is 2.55 bits per heavy atom. The molecule has 0 bridgehead atoms. The Kier molecular flexibility index (Phi) is 1.96. The van der Waals surface area contributed by atoms with E-state index in [-0.39, 0.29) is 0 Å². The lowest BCUT2D eigenvalue weighted by atomic mass is 10.1. The van der Waals surface area contributed by atoms with Gasteiger partial charge in [-0.05, 0) is 0 Å². The predicted octanol–water partition coefficient (Wildman–Crippen LogP) is 1.38. The zero-order valence-corrected chi connectivity index (χ0v) is 7.65. The average molecular weight is 217 g/mol. The molecule has 0 saturated heterocycles. The molecule has 1 N–H and O–H groups in total. The molecule has 0 amide bonds. The summed E-state index contributed by atoms with van der Waals surface area (Å²) in [6, 6.07) is 0. The molecule has 11 heavy (non-hydrogen) atoms. The molecule has 1 aliphatic rings. The van der Waals surface area contributed by atoms with Crippen LogP contribution in [0.5, 0.6) is 0 Å². The van der Waals surface area contributed by atoms with Gasteiger partial charge in [-0.3, -0.25) is 5.10 Å². The standard InChI is InChI=1S/C7H9BrN2O/c8-3-7-5-4-11-2-1-6(5)9-10-7/h1-4H2,(H,9,10). The highest BCUT2D eigenvalue weighted by molar-refractivity contribution is 9.08. The summed E-state index contributed by atoms with van der Waals surface area (Å²) < 4.78 is 5.32. The maximum atomic E-state index is 5.32. The van der Waals surface area contributed by atoms with Crippen molar-refractivity contribution in [2.24, 2.45) is 0 Å². The number of alkyl halides is 1. The number of nitrogens with zero attached hydrogens (tertiary/aromatic N) is 1. The summed E-state index contributed by atoms with van der Waals surface area (Å²) >= 11 is 3.38. The monoisotopic (exact) mass is 216 g/mol. The lowest BCUT2D eigenvalue weighted by Gasteiger charge is -2.11. The Hall–Kier alpha value is -0.350. The number of ether oxygens (including phenoxy) is 1. The Balaban J connectivity index is 2.38. The molecule has 0 saturated carbocycles. The van der Waals surface area contributed by atoms with Crippen molar-refractivity contribution in [1.29, 1.82) is 0 Å². The Labute approximate surface area is 73.3 Å². The Bertz CT molecular complexity index is 245. The molecular weight excluding hydrogens is 208 g/mol. The number of fused-ring (bicyclic) bond motifs is 1. The van der Waals surface area contributed by atoms with Crippen LogP contribution in [0.1, 0.15) is 17.0 Å². The van der Waals surface area contributed by atoms with Crippen LogP contribution >= 0.6 is 15.9 Å². The number of rotatable bonds is 1. The van der Waals surface area contributed by atoms with Gasteiger partial charge in [0, 0.05) is 23.0 Å². The summed E-state index contributed by atoms with van der Waals surface area (Å²) in [5.74, 6) is 0. The fourth-order valence-electron chi connectivity index (χ4n) is 1.28. The number of halogens is 1. The largest absolute Gasteiger partial charge is 0.376 e. The number of aromatic nitrogens is 2. The number of hydrogen-bond acceptors (Lipinski definition) is 2. The normalized spacial score (nSPS) is 16.5. The van der Waals surface area contributed by atoms with E-state index in [9.17, 15) is 0 Å². The van der Waals surface area contributed by atoms with E-state index < -0.39 is 0 Å². The summed E-state index contributed by atoms with van der Waals surface area (Å²) in [5.41, 5.74) is 3.57. The summed E-state index contributed by atoms with van der Waals surface area (Å²) in [6.45, 7) is 1.53. The van der Waals surface area contributed by atoms with E-state index in [1.165, 1.54) is 11.3 Å². The van der Waals surface area contributed by atoms with Gasteiger partial charge in [0.25, 0.3) is 0 Å². The van der Waals surface area contributed by atoms with E-state index in [4.69, 9.17) is 4.74 Å². The van der Waals surface area contributed by atoms with Crippen molar-refractivity contribution in [1.82, 2.24) is 10.2 Å². The Morgan fingerprint density at radius 3 is 3.36 bits per heavy atom. The van der Waals surface area contributed by atoms with Crippen molar-refractivity contribution < 1.29 is 4.74 Å². The van der Waals surface area contributed by atoms with Gasteiger partial charge in [-0.1, -0.05) is 15.9 Å². The summed E-state index contributed by atoms with van der Waals surface area (Å²) in [7, 11) is 0. The fraction of sp³-hybridized carbons (Fsp3) is 0.571. The second-order valence-corrected chi connectivity index (χ2v) is 3.12. The van der Waals surface area contributed by atoms with Gasteiger partial charge >= 0.3 is 0 Å². The Morgan fingerprint density at radius 1 is 1.64 bits per heavy atom. The van der Waals surface area contributed by atoms with Gasteiger partial charge in [-0.15, -0.1) is 0 Å². The second kappa shape index (κ2) is 2.95. The first-order valence-electron chi connectivity index (χ1n) is 3.60. The van der Waals surface area contributed by atoms with Crippen LogP contribution in [0.15, 0.2) is 0 Å². The molecule has 0 aliphatic carbocycles. The predicted molar refractivity (Wildman–Crippen MR) is 44.6 cm³/mol. The lowest BCUT2D eigenvalue weighted by molar-refractivity contribution is 0.110. The van der Waals surface area contributed by atoms with E-state index in [1.54, 1.807) is 0 Å². The second-order valence-electron chi connectivity index (χ2n) is 2.56. The molecule has 0 radical (unpaired) electrons. The molecule has 3 nitrogen and oxygen atoms in total. The van der Waals surface area contributed by atoms with Gasteiger partial charge in [-0.2, -0.15) is 5.10 Å². The van der Waals surface area contributed by atoms with Gasteiger partial charge in [0.15, 0.2) is 0 Å². The summed E-state index contributed by atoms with van der Waals surface area (Å²) in [6.07, 6.45) is 0.968. The van der Waals surface area contributed by atoms with Gasteiger partial charge < -0.3 is 4.74 Å². The number of nitrogens with one attached hydrogen (secondary N) is 1. The highest BCUT2D eigenvalue weighted by atomic mass is 79.9. The van der Waals surface area contributed by atoms with E-state index in [1.807, 2.05) is 0 Å². The van der Waals surface area contributed by atoms with Crippen LogP contribution in [0.25, 0.3) is 0 Å². The molecule has 4 heteroatoms. The molecule has 2 heterocycles. The summed E-state index contributed by atoms with van der Waals surface area (Å²) in [4.78, 5) is 0. The van der Waals surface area contributed by atoms with Crippen molar-refractivity contribution in [2.75, 3.05) is 6.61 Å². The number of hydrogen-bond donors (Lipinski definition) is 1. The lowest BCUT2D eigenvalue weighted by Crippen LogP contribution is -2.09. The number of aromatic amines is 1. The molecule has 0 aromatic carbocycles. The SMILES string of the molecule is BrCc1n[nH]c2c1COCC2. The molecule has 0 atom stereocenters. The third-order valence-electron chi connectivity index (χ3n) is 1.91. The molecule has 0 fully saturated rings. The fourth-order valence-corrected chi connectivity index (χ4v) is 1.74. The minimum absolute atomic E-state index is 0.715. The third kappa shape index (κ3) is 1.20. The molecule has 1 aliphatic heterocycles. The quantitative estimate of drug-likeness (QED) is 0.721. The van der Waals surface area contributed by atoms with Crippen LogP contribution in [0.4, 0.5) is 0 Å². The van der Waals surface area contributed by atoms with Crippen molar-refractivity contribution >= 4 is 15.9 Å². The van der Waals surface area contributed by atoms with Crippen molar-refractivity contribution in [3.05, 3.63) is 17.0 Å². The van der Waals surface area contributed by atoms with Crippen LogP contribution in [0, 0.1) is 0 Å². The zero-order chi connectivity index (χ0) is 7.68. The van der Waals surface area contributed by atoms with Gasteiger partial charge in [0.1, 0.15) is 0 Å². The number of H-pyrrole nitrogens is 1. The van der Waals surface area contributed by atoms with Crippen LogP contribution in [0.2, 0.25) is 0 Å². The first-order chi connectivity index (χ1) is 5.42. The average Bonchev–Trinajstić information content (AvgIpc) is 2.47. The van der Waals surface area contributed by atoms with E-state index in [0.29, 0.717) is 6.61 Å². The first kappa shape index (κ1) is 7.31. The van der Waals surface area contributed by atoms with Crippen molar-refractivity contribution in [2.45, 2.75) is 18.4 Å². The van der Waals surface area contributed by atoms with Gasteiger partial charge in [-0.25, -0.2) is 0 Å². The van der Waals surface area contributed by atoms with Crippen LogP contribution < -0.4 is 0 Å². The molecule has 1 aromatic heterocycles. The van der Waals surface area contributed by atoms with E-state index in [2.05, 4.69) is 26.1 Å². The molecule has 0 unspecified atom stereocenters. The smallest absolute Gasteiger partial charge is 0.0785 e. The topological polar surface area (TPSA) is 37.9 Å². The molecule has 1 aromatic rings. The first-order valence-corrected chi connectivity index (χ1v) is 4.72. The van der Waals surface area contributed by atoms with Gasteiger partial charge in [0.05, 0.1) is 18.9 Å². The molecular formula is C7H9BrN2O. The maximum absolute atomic E-state index is 5.32.